The number of para-hydroxylation sites is 1. The number of hydrogen-bond acceptors (Lipinski definition) is 5. The lowest BCUT2D eigenvalue weighted by Crippen LogP contribution is -2.34. The Labute approximate surface area is 130 Å². The number of nitrogens with zero attached hydrogens (tertiary/aromatic N) is 3. The van der Waals surface area contributed by atoms with Gasteiger partial charge in [-0.1, -0.05) is 19.1 Å². The van der Waals surface area contributed by atoms with E-state index in [0.717, 1.165) is 47.5 Å². The number of rotatable bonds is 6. The van der Waals surface area contributed by atoms with E-state index in [1.54, 1.807) is 6.33 Å². The summed E-state index contributed by atoms with van der Waals surface area (Å²) >= 11 is 0. The molecule has 0 aliphatic carbocycles. The average Bonchev–Trinajstić information content (AvgIpc) is 2.90. The van der Waals surface area contributed by atoms with Crippen molar-refractivity contribution in [3.8, 4) is 0 Å². The molecule has 0 unspecified atom stereocenters. The number of aromatic nitrogens is 2. The van der Waals surface area contributed by atoms with Crippen molar-refractivity contribution in [3.05, 3.63) is 30.6 Å². The van der Waals surface area contributed by atoms with Crippen LogP contribution in [0.15, 0.2) is 35.0 Å². The van der Waals surface area contributed by atoms with Crippen LogP contribution in [0.4, 0.5) is 5.82 Å². The Morgan fingerprint density at radius 1 is 1.23 bits per heavy atom. The first-order valence-corrected chi connectivity index (χ1v) is 7.81. The summed E-state index contributed by atoms with van der Waals surface area (Å²) in [7, 11) is 0. The molecule has 1 aromatic carbocycles. The van der Waals surface area contributed by atoms with Crippen LogP contribution < -0.4 is 5.32 Å². The second-order valence-corrected chi connectivity index (χ2v) is 5.65. The number of anilines is 1. The van der Waals surface area contributed by atoms with Gasteiger partial charge in [0.2, 0.25) is 0 Å². The highest BCUT2D eigenvalue weighted by Gasteiger charge is 2.13. The van der Waals surface area contributed by atoms with E-state index in [2.05, 4.69) is 41.0 Å². The minimum Gasteiger partial charge on any atom is -0.450 e. The third-order valence-corrected chi connectivity index (χ3v) is 3.99. The molecule has 3 aromatic rings. The standard InChI is InChI=1S/C17H22N4O/c1-4-21(12(2)3)10-9-18-17-16-15(19-11-20-17)13-7-5-6-8-14(13)22-16/h5-8,11-12H,4,9-10H2,1-3H3,(H,18,19,20). The predicted octanol–water partition coefficient (Wildman–Crippen LogP) is 3.52. The highest BCUT2D eigenvalue weighted by atomic mass is 16.3. The normalized spacial score (nSPS) is 11.9. The third kappa shape index (κ3) is 2.76. The minimum absolute atomic E-state index is 0.545. The number of benzene rings is 1. The van der Waals surface area contributed by atoms with Gasteiger partial charge in [0.25, 0.3) is 0 Å². The summed E-state index contributed by atoms with van der Waals surface area (Å²) in [6.07, 6.45) is 1.59. The van der Waals surface area contributed by atoms with Gasteiger partial charge in [-0.25, -0.2) is 9.97 Å². The Kier molecular flexibility index (Phi) is 4.24. The van der Waals surface area contributed by atoms with Gasteiger partial charge in [0.15, 0.2) is 11.4 Å². The van der Waals surface area contributed by atoms with Crippen molar-refractivity contribution in [2.24, 2.45) is 0 Å². The fourth-order valence-corrected chi connectivity index (χ4v) is 2.75. The summed E-state index contributed by atoms with van der Waals surface area (Å²) < 4.78 is 5.91. The second-order valence-electron chi connectivity index (χ2n) is 5.65. The summed E-state index contributed by atoms with van der Waals surface area (Å²) in [4.78, 5) is 11.1. The monoisotopic (exact) mass is 298 g/mol. The molecule has 0 atom stereocenters. The zero-order chi connectivity index (χ0) is 15.5. The van der Waals surface area contributed by atoms with Gasteiger partial charge in [-0.2, -0.15) is 0 Å². The van der Waals surface area contributed by atoms with E-state index < -0.39 is 0 Å². The van der Waals surface area contributed by atoms with Gasteiger partial charge in [0.05, 0.1) is 0 Å². The Balaban J connectivity index is 1.82. The molecule has 5 nitrogen and oxygen atoms in total. The number of furan rings is 1. The van der Waals surface area contributed by atoms with Gasteiger partial charge in [0.1, 0.15) is 17.4 Å². The van der Waals surface area contributed by atoms with Crippen LogP contribution in [-0.2, 0) is 0 Å². The Morgan fingerprint density at radius 2 is 2.05 bits per heavy atom. The molecular weight excluding hydrogens is 276 g/mol. The maximum absolute atomic E-state index is 5.91. The summed E-state index contributed by atoms with van der Waals surface area (Å²) in [5, 5.41) is 4.41. The Morgan fingerprint density at radius 3 is 2.82 bits per heavy atom. The van der Waals surface area contributed by atoms with Crippen molar-refractivity contribution < 1.29 is 4.42 Å². The predicted molar refractivity (Wildman–Crippen MR) is 90.2 cm³/mol. The molecule has 0 fully saturated rings. The summed E-state index contributed by atoms with van der Waals surface area (Å²) in [6.45, 7) is 9.46. The van der Waals surface area contributed by atoms with Crippen molar-refractivity contribution >= 4 is 27.9 Å². The Bertz CT molecular complexity index is 766. The van der Waals surface area contributed by atoms with Crippen LogP contribution in [0, 0.1) is 0 Å². The maximum Gasteiger partial charge on any atom is 0.196 e. The van der Waals surface area contributed by atoms with Crippen molar-refractivity contribution in [1.29, 1.82) is 0 Å². The molecule has 0 saturated carbocycles. The van der Waals surface area contributed by atoms with Crippen molar-refractivity contribution in [3.63, 3.8) is 0 Å². The highest BCUT2D eigenvalue weighted by Crippen LogP contribution is 2.30. The zero-order valence-corrected chi connectivity index (χ0v) is 13.3. The maximum atomic E-state index is 5.91. The van der Waals surface area contributed by atoms with Crippen LogP contribution in [0.5, 0.6) is 0 Å². The van der Waals surface area contributed by atoms with E-state index in [0.29, 0.717) is 6.04 Å². The van der Waals surface area contributed by atoms with E-state index in [1.165, 1.54) is 0 Å². The molecule has 116 valence electrons. The largest absolute Gasteiger partial charge is 0.450 e. The van der Waals surface area contributed by atoms with Crippen molar-refractivity contribution in [2.45, 2.75) is 26.8 Å². The number of hydrogen-bond donors (Lipinski definition) is 1. The third-order valence-electron chi connectivity index (χ3n) is 3.99. The molecule has 2 heterocycles. The fourth-order valence-electron chi connectivity index (χ4n) is 2.75. The lowest BCUT2D eigenvalue weighted by molar-refractivity contribution is 0.243. The smallest absolute Gasteiger partial charge is 0.196 e. The summed E-state index contributed by atoms with van der Waals surface area (Å²) in [6, 6.07) is 8.48. The van der Waals surface area contributed by atoms with Crippen LogP contribution in [0.1, 0.15) is 20.8 Å². The summed E-state index contributed by atoms with van der Waals surface area (Å²) in [5.74, 6) is 0.765. The van der Waals surface area contributed by atoms with Crippen molar-refractivity contribution in [1.82, 2.24) is 14.9 Å². The molecule has 0 spiro atoms. The molecule has 0 saturated heterocycles. The van der Waals surface area contributed by atoms with Gasteiger partial charge < -0.3 is 9.73 Å². The van der Waals surface area contributed by atoms with E-state index in [9.17, 15) is 0 Å². The molecule has 0 amide bonds. The molecular formula is C17H22N4O. The number of fused-ring (bicyclic) bond motifs is 3. The molecule has 0 radical (unpaired) electrons. The quantitative estimate of drug-likeness (QED) is 0.754. The first-order chi connectivity index (χ1) is 10.7. The van der Waals surface area contributed by atoms with Crippen molar-refractivity contribution in [2.75, 3.05) is 25.0 Å². The zero-order valence-electron chi connectivity index (χ0n) is 13.3. The summed E-state index contributed by atoms with van der Waals surface area (Å²) in [5.41, 5.74) is 2.44. The molecule has 3 rings (SSSR count). The number of nitrogens with one attached hydrogen (secondary N) is 1. The topological polar surface area (TPSA) is 54.2 Å². The number of likely N-dealkylation sites (N-methyl/N-ethyl adjacent to an activating group) is 1. The van der Waals surface area contributed by atoms with Gasteiger partial charge in [-0.15, -0.1) is 0 Å². The molecule has 0 bridgehead atoms. The molecule has 0 aliphatic rings. The molecule has 5 heteroatoms. The second kappa shape index (κ2) is 6.32. The van der Waals surface area contributed by atoms with Crippen LogP contribution >= 0.6 is 0 Å². The Hall–Kier alpha value is -2.14. The lowest BCUT2D eigenvalue weighted by atomic mass is 10.2. The van der Waals surface area contributed by atoms with Crippen LogP contribution in [0.25, 0.3) is 22.1 Å². The van der Waals surface area contributed by atoms with E-state index in [-0.39, 0.29) is 0 Å². The van der Waals surface area contributed by atoms with Crippen LogP contribution in [0.2, 0.25) is 0 Å². The van der Waals surface area contributed by atoms with Gasteiger partial charge in [0, 0.05) is 24.5 Å². The van der Waals surface area contributed by atoms with Gasteiger partial charge in [-0.05, 0) is 32.5 Å². The molecule has 1 N–H and O–H groups in total. The van der Waals surface area contributed by atoms with E-state index in [4.69, 9.17) is 4.42 Å². The molecule has 2 aromatic heterocycles. The minimum atomic E-state index is 0.545. The first kappa shape index (κ1) is 14.8. The van der Waals surface area contributed by atoms with Crippen LogP contribution in [-0.4, -0.2) is 40.5 Å². The van der Waals surface area contributed by atoms with Crippen LogP contribution in [0.3, 0.4) is 0 Å². The van der Waals surface area contributed by atoms with Gasteiger partial charge >= 0.3 is 0 Å². The van der Waals surface area contributed by atoms with E-state index in [1.807, 2.05) is 24.3 Å². The first-order valence-electron chi connectivity index (χ1n) is 7.81. The highest BCUT2D eigenvalue weighted by molar-refractivity contribution is 6.05. The molecule has 0 aliphatic heterocycles. The van der Waals surface area contributed by atoms with Gasteiger partial charge in [-0.3, -0.25) is 4.90 Å². The molecule has 22 heavy (non-hydrogen) atoms. The SMILES string of the molecule is CCN(CCNc1ncnc2c1oc1ccccc12)C(C)C. The lowest BCUT2D eigenvalue weighted by Gasteiger charge is -2.24. The average molecular weight is 298 g/mol. The fraction of sp³-hybridized carbons (Fsp3) is 0.412. The van der Waals surface area contributed by atoms with E-state index >= 15 is 0 Å².